The van der Waals surface area contributed by atoms with E-state index in [4.69, 9.17) is 26.4 Å². The first kappa shape index (κ1) is 18.7. The Hall–Kier alpha value is -1.62. The van der Waals surface area contributed by atoms with Gasteiger partial charge in [0.2, 0.25) is 0 Å². The number of methoxy groups -OCH3 is 2. The summed E-state index contributed by atoms with van der Waals surface area (Å²) in [6, 6.07) is 4.49. The lowest BCUT2D eigenvalue weighted by Gasteiger charge is -2.16. The molecule has 1 fully saturated rings. The van der Waals surface area contributed by atoms with Crippen LogP contribution in [0.5, 0.6) is 11.5 Å². The van der Waals surface area contributed by atoms with Crippen molar-refractivity contribution in [1.29, 1.82) is 0 Å². The topological polar surface area (TPSA) is 97.9 Å². The second-order valence-corrected chi connectivity index (χ2v) is 7.15. The standard InChI is InChI=1S/C14H21N3O5S2/c1-20-10-5-6-12(21-2)13(8-10)24(18,19)17-16-14(23)15-9-11-4-3-7-22-11/h5-6,8,11,17H,3-4,7,9H2,1-2H3,(H2,15,16,23). The first-order valence-corrected chi connectivity index (χ1v) is 9.24. The van der Waals surface area contributed by atoms with E-state index < -0.39 is 10.0 Å². The molecule has 1 aromatic carbocycles. The molecule has 0 aromatic heterocycles. The predicted molar refractivity (Wildman–Crippen MR) is 92.6 cm³/mol. The van der Waals surface area contributed by atoms with Crippen LogP contribution in [0.1, 0.15) is 12.8 Å². The average Bonchev–Trinajstić information content (AvgIpc) is 3.11. The van der Waals surface area contributed by atoms with E-state index in [-0.39, 0.29) is 21.9 Å². The highest BCUT2D eigenvalue weighted by Gasteiger charge is 2.21. The highest BCUT2D eigenvalue weighted by Crippen LogP contribution is 2.27. The van der Waals surface area contributed by atoms with E-state index in [0.717, 1.165) is 19.4 Å². The lowest BCUT2D eigenvalue weighted by atomic mass is 10.2. The van der Waals surface area contributed by atoms with Gasteiger partial charge in [0.25, 0.3) is 10.0 Å². The molecule has 1 atom stereocenters. The van der Waals surface area contributed by atoms with E-state index in [9.17, 15) is 8.42 Å². The van der Waals surface area contributed by atoms with E-state index in [0.29, 0.717) is 12.3 Å². The molecular weight excluding hydrogens is 354 g/mol. The Morgan fingerprint density at radius 3 is 2.79 bits per heavy atom. The van der Waals surface area contributed by atoms with Crippen molar-refractivity contribution in [3.8, 4) is 11.5 Å². The minimum absolute atomic E-state index is 0.0567. The van der Waals surface area contributed by atoms with Crippen LogP contribution in [-0.2, 0) is 14.8 Å². The van der Waals surface area contributed by atoms with Gasteiger partial charge in [-0.25, -0.2) is 8.42 Å². The van der Waals surface area contributed by atoms with Gasteiger partial charge in [-0.2, -0.15) is 0 Å². The Labute approximate surface area is 146 Å². The monoisotopic (exact) mass is 375 g/mol. The number of hydrogen-bond donors (Lipinski definition) is 3. The first-order valence-electron chi connectivity index (χ1n) is 7.35. The molecule has 24 heavy (non-hydrogen) atoms. The summed E-state index contributed by atoms with van der Waals surface area (Å²) in [4.78, 5) is 2.16. The van der Waals surface area contributed by atoms with Crippen molar-refractivity contribution in [3.05, 3.63) is 18.2 Å². The molecule has 134 valence electrons. The Balaban J connectivity index is 1.96. The van der Waals surface area contributed by atoms with Crippen molar-refractivity contribution < 1.29 is 22.6 Å². The van der Waals surface area contributed by atoms with Crippen LogP contribution in [0.3, 0.4) is 0 Å². The van der Waals surface area contributed by atoms with Gasteiger partial charge in [0.15, 0.2) is 5.11 Å². The summed E-state index contributed by atoms with van der Waals surface area (Å²) >= 11 is 5.06. The Morgan fingerprint density at radius 2 is 2.17 bits per heavy atom. The fraction of sp³-hybridized carbons (Fsp3) is 0.500. The zero-order chi connectivity index (χ0) is 17.6. The normalized spacial score (nSPS) is 17.3. The molecule has 0 radical (unpaired) electrons. The predicted octanol–water partition coefficient (Wildman–Crippen LogP) is 0.540. The summed E-state index contributed by atoms with van der Waals surface area (Å²) in [6.07, 6.45) is 2.08. The largest absolute Gasteiger partial charge is 0.497 e. The van der Waals surface area contributed by atoms with Crippen LogP contribution in [0.15, 0.2) is 23.1 Å². The smallest absolute Gasteiger partial charge is 0.261 e. The molecule has 0 amide bonds. The molecule has 1 unspecified atom stereocenters. The molecule has 1 saturated heterocycles. The molecule has 1 aromatic rings. The lowest BCUT2D eigenvalue weighted by Crippen LogP contribution is -2.48. The third-order valence-corrected chi connectivity index (χ3v) is 4.99. The van der Waals surface area contributed by atoms with Crippen molar-refractivity contribution in [2.75, 3.05) is 27.4 Å². The van der Waals surface area contributed by atoms with Gasteiger partial charge in [-0.1, -0.05) is 0 Å². The fourth-order valence-electron chi connectivity index (χ4n) is 2.22. The zero-order valence-electron chi connectivity index (χ0n) is 13.5. The molecule has 0 bridgehead atoms. The van der Waals surface area contributed by atoms with Crippen molar-refractivity contribution >= 4 is 27.4 Å². The summed E-state index contributed by atoms with van der Waals surface area (Å²) in [5.41, 5.74) is 2.46. The van der Waals surface area contributed by atoms with E-state index in [1.54, 1.807) is 6.07 Å². The summed E-state index contributed by atoms with van der Waals surface area (Å²) in [6.45, 7) is 1.27. The Kier molecular flexibility index (Phi) is 6.60. The number of sulfonamides is 1. The van der Waals surface area contributed by atoms with Crippen LogP contribution in [0.4, 0.5) is 0 Å². The summed E-state index contributed by atoms with van der Waals surface area (Å²) in [5, 5.41) is 3.08. The molecule has 1 heterocycles. The Morgan fingerprint density at radius 1 is 1.38 bits per heavy atom. The number of ether oxygens (including phenoxy) is 3. The van der Waals surface area contributed by atoms with Crippen molar-refractivity contribution in [3.63, 3.8) is 0 Å². The molecule has 3 N–H and O–H groups in total. The van der Waals surface area contributed by atoms with E-state index in [1.165, 1.54) is 26.4 Å². The first-order chi connectivity index (χ1) is 11.5. The van der Waals surface area contributed by atoms with Gasteiger partial charge in [0, 0.05) is 19.2 Å². The molecular formula is C14H21N3O5S2. The lowest BCUT2D eigenvalue weighted by molar-refractivity contribution is 0.114. The zero-order valence-corrected chi connectivity index (χ0v) is 15.1. The van der Waals surface area contributed by atoms with Crippen LogP contribution in [-0.4, -0.2) is 47.0 Å². The maximum absolute atomic E-state index is 12.4. The number of hydrogen-bond acceptors (Lipinski definition) is 6. The third kappa shape index (κ3) is 4.94. The van der Waals surface area contributed by atoms with Gasteiger partial charge >= 0.3 is 0 Å². The van der Waals surface area contributed by atoms with Gasteiger partial charge in [-0.3, -0.25) is 5.43 Å². The van der Waals surface area contributed by atoms with Crippen LogP contribution in [0.25, 0.3) is 0 Å². The number of thiocarbonyl (C=S) groups is 1. The molecule has 8 nitrogen and oxygen atoms in total. The molecule has 1 aliphatic heterocycles. The highest BCUT2D eigenvalue weighted by atomic mass is 32.2. The molecule has 0 aliphatic carbocycles. The van der Waals surface area contributed by atoms with Crippen LogP contribution in [0.2, 0.25) is 0 Å². The summed E-state index contributed by atoms with van der Waals surface area (Å²) in [7, 11) is -1.05. The minimum Gasteiger partial charge on any atom is -0.497 e. The van der Waals surface area contributed by atoms with E-state index in [1.807, 2.05) is 0 Å². The van der Waals surface area contributed by atoms with Crippen molar-refractivity contribution in [2.24, 2.45) is 0 Å². The average molecular weight is 375 g/mol. The maximum Gasteiger partial charge on any atom is 0.261 e. The van der Waals surface area contributed by atoms with E-state index in [2.05, 4.69) is 15.6 Å². The van der Waals surface area contributed by atoms with Crippen molar-refractivity contribution in [1.82, 2.24) is 15.6 Å². The van der Waals surface area contributed by atoms with Gasteiger partial charge < -0.3 is 19.5 Å². The fourth-order valence-corrected chi connectivity index (χ4v) is 3.45. The quantitative estimate of drug-likeness (QED) is 0.469. The van der Waals surface area contributed by atoms with Crippen LogP contribution in [0, 0.1) is 0 Å². The minimum atomic E-state index is -3.89. The molecule has 0 spiro atoms. The van der Waals surface area contributed by atoms with Gasteiger partial charge in [-0.15, -0.1) is 4.83 Å². The maximum atomic E-state index is 12.4. The Bertz CT molecular complexity index is 675. The second kappa shape index (κ2) is 8.47. The molecule has 0 saturated carbocycles. The van der Waals surface area contributed by atoms with Gasteiger partial charge in [0.05, 0.1) is 20.3 Å². The molecule has 2 rings (SSSR count). The molecule has 1 aliphatic rings. The number of rotatable bonds is 7. The highest BCUT2D eigenvalue weighted by molar-refractivity contribution is 7.89. The van der Waals surface area contributed by atoms with Gasteiger partial charge in [0.1, 0.15) is 16.4 Å². The van der Waals surface area contributed by atoms with E-state index >= 15 is 0 Å². The number of benzene rings is 1. The van der Waals surface area contributed by atoms with Crippen molar-refractivity contribution in [2.45, 2.75) is 23.8 Å². The number of nitrogens with one attached hydrogen (secondary N) is 3. The summed E-state index contributed by atoms with van der Waals surface area (Å²) < 4.78 is 40.4. The van der Waals surface area contributed by atoms with Gasteiger partial charge in [-0.05, 0) is 37.2 Å². The SMILES string of the molecule is COc1ccc(OC)c(S(=O)(=O)NNC(=S)NCC2CCCO2)c1. The van der Waals surface area contributed by atoms with Crippen LogP contribution >= 0.6 is 12.2 Å². The van der Waals surface area contributed by atoms with Crippen LogP contribution < -0.4 is 25.0 Å². The third-order valence-electron chi connectivity index (χ3n) is 3.47. The molecule has 10 heteroatoms. The number of hydrazine groups is 1. The second-order valence-electron chi connectivity index (χ2n) is 5.09. The summed E-state index contributed by atoms with van der Waals surface area (Å²) in [5.74, 6) is 0.596.